The summed E-state index contributed by atoms with van der Waals surface area (Å²) >= 11 is 0. The lowest BCUT2D eigenvalue weighted by atomic mass is 10.1. The molecule has 1 aliphatic rings. The van der Waals surface area contributed by atoms with Crippen LogP contribution in [0.25, 0.3) is 22.2 Å². The molecular formula is C24H24ClN5O2. The molecular weight excluding hydrogens is 426 g/mol. The van der Waals surface area contributed by atoms with Gasteiger partial charge in [-0.3, -0.25) is 5.41 Å². The minimum Gasteiger partial charge on any atom is -0.489 e. The minimum absolute atomic E-state index is 0. The van der Waals surface area contributed by atoms with Gasteiger partial charge in [0.05, 0.1) is 0 Å². The molecule has 5 rings (SSSR count). The monoisotopic (exact) mass is 449 g/mol. The highest BCUT2D eigenvalue weighted by Crippen LogP contribution is 2.32. The van der Waals surface area contributed by atoms with E-state index in [1.165, 1.54) is 0 Å². The molecule has 3 aromatic carbocycles. The zero-order valence-electron chi connectivity index (χ0n) is 17.4. The van der Waals surface area contributed by atoms with Crippen LogP contribution < -0.4 is 10.5 Å². The van der Waals surface area contributed by atoms with Crippen LogP contribution in [-0.2, 0) is 6.61 Å². The number of aromatic nitrogens is 2. The second kappa shape index (κ2) is 9.28. The normalized spacial score (nSPS) is 15.5. The second-order valence-electron chi connectivity index (χ2n) is 7.69. The lowest BCUT2D eigenvalue weighted by molar-refractivity contribution is 0.283. The maximum absolute atomic E-state index is 7.73. The predicted octanol–water partition coefficient (Wildman–Crippen LogP) is 4.92. The molecule has 0 saturated carbocycles. The van der Waals surface area contributed by atoms with E-state index in [0.29, 0.717) is 18.3 Å². The fourth-order valence-electron chi connectivity index (χ4n) is 3.99. The van der Waals surface area contributed by atoms with Crippen molar-refractivity contribution in [2.45, 2.75) is 25.5 Å². The van der Waals surface area contributed by atoms with E-state index in [9.17, 15) is 0 Å². The van der Waals surface area contributed by atoms with Crippen LogP contribution in [0.4, 0.5) is 0 Å². The number of rotatable bonds is 5. The smallest absolute Gasteiger partial charge is 0.249 e. The molecule has 1 unspecified atom stereocenters. The Morgan fingerprint density at radius 1 is 1.09 bits per heavy atom. The molecule has 0 bridgehead atoms. The van der Waals surface area contributed by atoms with Gasteiger partial charge in [-0.05, 0) is 47.4 Å². The number of guanidine groups is 1. The summed E-state index contributed by atoms with van der Waals surface area (Å²) in [5, 5.41) is 14.0. The Morgan fingerprint density at radius 2 is 1.88 bits per heavy atom. The van der Waals surface area contributed by atoms with Crippen molar-refractivity contribution < 1.29 is 9.26 Å². The van der Waals surface area contributed by atoms with E-state index in [4.69, 9.17) is 20.4 Å². The highest BCUT2D eigenvalue weighted by molar-refractivity contribution is 5.87. The van der Waals surface area contributed by atoms with Crippen molar-refractivity contribution >= 4 is 29.1 Å². The van der Waals surface area contributed by atoms with Crippen LogP contribution in [0.5, 0.6) is 5.75 Å². The third-order valence-electron chi connectivity index (χ3n) is 5.61. The van der Waals surface area contributed by atoms with Crippen molar-refractivity contribution in [3.8, 4) is 17.1 Å². The van der Waals surface area contributed by atoms with E-state index < -0.39 is 0 Å². The number of hydrogen-bond donors (Lipinski definition) is 2. The number of likely N-dealkylation sites (tertiary alicyclic amines) is 1. The van der Waals surface area contributed by atoms with E-state index in [1.54, 1.807) is 4.90 Å². The van der Waals surface area contributed by atoms with Gasteiger partial charge in [0.15, 0.2) is 5.96 Å². The summed E-state index contributed by atoms with van der Waals surface area (Å²) < 4.78 is 11.4. The molecule has 4 aromatic rings. The van der Waals surface area contributed by atoms with Crippen molar-refractivity contribution in [2.24, 2.45) is 5.73 Å². The molecule has 8 heteroatoms. The molecule has 1 saturated heterocycles. The molecule has 1 aromatic heterocycles. The molecule has 32 heavy (non-hydrogen) atoms. The summed E-state index contributed by atoms with van der Waals surface area (Å²) in [5.74, 6) is 1.92. The van der Waals surface area contributed by atoms with Gasteiger partial charge < -0.3 is 19.9 Å². The SMILES string of the molecule is Cl.N=C(N)N1CCCC1c1nc(-c2ccc3cc(OCc4ccccc4)ccc3c2)no1. The van der Waals surface area contributed by atoms with Gasteiger partial charge in [-0.2, -0.15) is 4.98 Å². The van der Waals surface area contributed by atoms with Crippen LogP contribution in [0.3, 0.4) is 0 Å². The molecule has 164 valence electrons. The quantitative estimate of drug-likeness (QED) is 0.331. The second-order valence-corrected chi connectivity index (χ2v) is 7.69. The third kappa shape index (κ3) is 4.38. The zero-order chi connectivity index (χ0) is 21.2. The number of fused-ring (bicyclic) bond motifs is 1. The van der Waals surface area contributed by atoms with Gasteiger partial charge in [-0.15, -0.1) is 12.4 Å². The van der Waals surface area contributed by atoms with Gasteiger partial charge in [0.1, 0.15) is 18.4 Å². The first-order valence-corrected chi connectivity index (χ1v) is 10.3. The molecule has 0 spiro atoms. The van der Waals surface area contributed by atoms with Crippen molar-refractivity contribution in [2.75, 3.05) is 6.54 Å². The minimum atomic E-state index is -0.122. The summed E-state index contributed by atoms with van der Waals surface area (Å²) in [6.45, 7) is 1.27. The Balaban J connectivity index is 0.00000245. The van der Waals surface area contributed by atoms with E-state index in [2.05, 4.69) is 10.1 Å². The Kier molecular flexibility index (Phi) is 6.28. The molecule has 0 aliphatic carbocycles. The summed E-state index contributed by atoms with van der Waals surface area (Å²) in [4.78, 5) is 6.39. The lowest BCUT2D eigenvalue weighted by Gasteiger charge is -2.21. The molecule has 3 N–H and O–H groups in total. The summed E-state index contributed by atoms with van der Waals surface area (Å²) in [6, 6.07) is 22.1. The van der Waals surface area contributed by atoms with Crippen LogP contribution in [0.2, 0.25) is 0 Å². The largest absolute Gasteiger partial charge is 0.489 e. The van der Waals surface area contributed by atoms with Crippen LogP contribution in [-0.4, -0.2) is 27.5 Å². The average molecular weight is 450 g/mol. The number of nitrogens with one attached hydrogen (secondary N) is 1. The molecule has 7 nitrogen and oxygen atoms in total. The molecule has 0 radical (unpaired) electrons. The fraction of sp³-hybridized carbons (Fsp3) is 0.208. The van der Waals surface area contributed by atoms with E-state index >= 15 is 0 Å². The van der Waals surface area contributed by atoms with Gasteiger partial charge in [0, 0.05) is 12.1 Å². The zero-order valence-corrected chi connectivity index (χ0v) is 18.2. The Bertz CT molecular complexity index is 1230. The maximum atomic E-state index is 7.73. The number of halogens is 1. The summed E-state index contributed by atoms with van der Waals surface area (Å²) in [5.41, 5.74) is 7.70. The first-order valence-electron chi connectivity index (χ1n) is 10.3. The van der Waals surface area contributed by atoms with Crippen LogP contribution in [0.15, 0.2) is 71.3 Å². The highest BCUT2D eigenvalue weighted by atomic mass is 35.5. The summed E-state index contributed by atoms with van der Waals surface area (Å²) in [6.07, 6.45) is 1.80. The van der Waals surface area contributed by atoms with Crippen LogP contribution >= 0.6 is 12.4 Å². The Labute approximate surface area is 192 Å². The van der Waals surface area contributed by atoms with Crippen molar-refractivity contribution in [3.05, 3.63) is 78.2 Å². The molecule has 1 aliphatic heterocycles. The van der Waals surface area contributed by atoms with Crippen LogP contribution in [0.1, 0.15) is 30.3 Å². The van der Waals surface area contributed by atoms with Crippen molar-refractivity contribution in [1.29, 1.82) is 5.41 Å². The first kappa shape index (κ1) is 21.6. The predicted molar refractivity (Wildman–Crippen MR) is 126 cm³/mol. The molecule has 1 atom stereocenters. The highest BCUT2D eigenvalue weighted by Gasteiger charge is 2.31. The van der Waals surface area contributed by atoms with Gasteiger partial charge in [-0.1, -0.05) is 53.7 Å². The number of ether oxygens (including phenoxy) is 1. The topological polar surface area (TPSA) is 101 Å². The van der Waals surface area contributed by atoms with Gasteiger partial charge in [-0.25, -0.2) is 0 Å². The van der Waals surface area contributed by atoms with Crippen LogP contribution in [0, 0.1) is 5.41 Å². The van der Waals surface area contributed by atoms with Gasteiger partial charge in [0.2, 0.25) is 11.7 Å². The fourth-order valence-corrected chi connectivity index (χ4v) is 3.99. The number of nitrogens with zero attached hydrogens (tertiary/aromatic N) is 3. The summed E-state index contributed by atoms with van der Waals surface area (Å²) in [7, 11) is 0. The maximum Gasteiger partial charge on any atom is 0.249 e. The van der Waals surface area contributed by atoms with Crippen molar-refractivity contribution in [1.82, 2.24) is 15.0 Å². The Hall–Kier alpha value is -3.58. The van der Waals surface area contributed by atoms with E-state index in [1.807, 2.05) is 66.7 Å². The van der Waals surface area contributed by atoms with E-state index in [0.717, 1.165) is 47.0 Å². The number of benzene rings is 3. The average Bonchev–Trinajstić information content (AvgIpc) is 3.47. The first-order chi connectivity index (χ1) is 15.2. The number of nitrogens with two attached hydrogens (primary N) is 1. The Morgan fingerprint density at radius 3 is 2.69 bits per heavy atom. The van der Waals surface area contributed by atoms with Gasteiger partial charge in [0.25, 0.3) is 0 Å². The number of hydrogen-bond acceptors (Lipinski definition) is 5. The third-order valence-corrected chi connectivity index (χ3v) is 5.61. The molecule has 1 fully saturated rings. The van der Waals surface area contributed by atoms with Crippen molar-refractivity contribution in [3.63, 3.8) is 0 Å². The molecule has 0 amide bonds. The lowest BCUT2D eigenvalue weighted by Crippen LogP contribution is -2.35. The van der Waals surface area contributed by atoms with Gasteiger partial charge >= 0.3 is 0 Å². The standard InChI is InChI=1S/C24H23N5O2.ClH/c25-24(26)29-12-4-7-21(29)23-27-22(28-31-23)19-9-8-18-14-20(11-10-17(18)13-19)30-15-16-5-2-1-3-6-16;/h1-3,5-6,8-11,13-14,21H,4,7,12,15H2,(H3,25,26);1H. The molecule has 2 heterocycles. The van der Waals surface area contributed by atoms with E-state index in [-0.39, 0.29) is 24.4 Å².